The van der Waals surface area contributed by atoms with Gasteiger partial charge in [0.25, 0.3) is 15.7 Å². The number of carbonyl (C=O) groups is 1. The highest BCUT2D eigenvalue weighted by atomic mass is 32.2. The Labute approximate surface area is 218 Å². The van der Waals surface area contributed by atoms with Crippen LogP contribution in [-0.2, 0) is 16.0 Å². The predicted octanol–water partition coefficient (Wildman–Crippen LogP) is 4.68. The summed E-state index contributed by atoms with van der Waals surface area (Å²) in [4.78, 5) is 26.5. The number of nitrogens with zero attached hydrogens (tertiary/aromatic N) is 4. The fourth-order valence-electron chi connectivity index (χ4n) is 3.05. The Kier molecular flexibility index (Phi) is 8.28. The molecule has 2 aromatic heterocycles. The average molecular weight is 603 g/mol. The van der Waals surface area contributed by atoms with E-state index in [1.807, 2.05) is 0 Å². The Morgan fingerprint density at radius 3 is 2.08 bits per heavy atom. The third-order valence-corrected chi connectivity index (χ3v) is 6.30. The van der Waals surface area contributed by atoms with Crippen LogP contribution in [0.1, 0.15) is 34.6 Å². The van der Waals surface area contributed by atoms with E-state index >= 15 is 0 Å². The molecule has 1 N–H and O–H groups in total. The lowest BCUT2D eigenvalue weighted by atomic mass is 10.1. The van der Waals surface area contributed by atoms with Crippen LogP contribution >= 0.6 is 0 Å². The van der Waals surface area contributed by atoms with Gasteiger partial charge >= 0.3 is 17.9 Å². The Morgan fingerprint density at radius 2 is 1.52 bits per heavy atom. The smallest absolute Gasteiger partial charge is 0.481 e. The lowest BCUT2D eigenvalue weighted by molar-refractivity contribution is -0.153. The maximum atomic E-state index is 13.3. The Balaban J connectivity index is 1.92. The second-order valence-electron chi connectivity index (χ2n) is 7.82. The van der Waals surface area contributed by atoms with E-state index in [2.05, 4.69) is 30.0 Å². The van der Waals surface area contributed by atoms with E-state index in [0.29, 0.717) is 0 Å². The van der Waals surface area contributed by atoms with Gasteiger partial charge < -0.3 is 10.1 Å². The maximum Gasteiger partial charge on any atom is 0.501 e. The zero-order valence-corrected chi connectivity index (χ0v) is 20.4. The van der Waals surface area contributed by atoms with Crippen LogP contribution in [0.5, 0.6) is 5.75 Å². The number of hydrogen-bond donors (Lipinski definition) is 1. The van der Waals surface area contributed by atoms with Gasteiger partial charge in [-0.25, -0.2) is 23.4 Å². The summed E-state index contributed by atoms with van der Waals surface area (Å²) in [5.74, 6) is -1.95. The van der Waals surface area contributed by atoms with Gasteiger partial charge in [0, 0.05) is 18.0 Å². The molecule has 0 aliphatic heterocycles. The van der Waals surface area contributed by atoms with Crippen LogP contribution in [0.2, 0.25) is 0 Å². The predicted molar refractivity (Wildman–Crippen MR) is 115 cm³/mol. The number of nitrogens with one attached hydrogen (secondary N) is 1. The van der Waals surface area contributed by atoms with Crippen molar-refractivity contribution >= 4 is 15.7 Å². The minimum Gasteiger partial charge on any atom is -0.481 e. The molecule has 9 nitrogen and oxygen atoms in total. The topological polar surface area (TPSA) is 124 Å². The molecule has 0 aliphatic carbocycles. The molecule has 1 unspecified atom stereocenters. The molecule has 3 rings (SSSR count). The minimum absolute atomic E-state index is 0.102. The molecular weight excluding hydrogens is 589 g/mol. The summed E-state index contributed by atoms with van der Waals surface area (Å²) in [5.41, 5.74) is -9.05. The van der Waals surface area contributed by atoms with Crippen molar-refractivity contribution < 1.29 is 57.5 Å². The van der Waals surface area contributed by atoms with Crippen LogP contribution in [0, 0.1) is 0 Å². The number of sulfone groups is 1. The van der Waals surface area contributed by atoms with E-state index in [4.69, 9.17) is 0 Å². The highest BCUT2D eigenvalue weighted by Gasteiger charge is 2.48. The molecule has 19 heteroatoms. The fraction of sp³-hybridized carbons (Fsp3) is 0.286. The first-order chi connectivity index (χ1) is 18.3. The van der Waals surface area contributed by atoms with E-state index in [1.165, 1.54) is 6.92 Å². The second kappa shape index (κ2) is 10.9. The maximum absolute atomic E-state index is 13.3. The first-order valence-corrected chi connectivity index (χ1v) is 12.0. The van der Waals surface area contributed by atoms with Gasteiger partial charge in [-0.1, -0.05) is 0 Å². The first-order valence-electron chi connectivity index (χ1n) is 10.5. The van der Waals surface area contributed by atoms with Crippen molar-refractivity contribution in [2.24, 2.45) is 0 Å². The van der Waals surface area contributed by atoms with E-state index in [-0.39, 0.29) is 41.2 Å². The van der Waals surface area contributed by atoms with Crippen molar-refractivity contribution in [3.8, 4) is 17.3 Å². The number of amides is 1. The summed E-state index contributed by atoms with van der Waals surface area (Å²) in [6.45, 7) is -0.357. The molecule has 1 atom stereocenters. The van der Waals surface area contributed by atoms with E-state index in [1.54, 1.807) is 0 Å². The molecule has 1 aromatic carbocycles. The van der Waals surface area contributed by atoms with Crippen LogP contribution in [0.25, 0.3) is 11.5 Å². The Hall–Kier alpha value is -4.03. The molecular formula is C21H14F9N5O4S. The summed E-state index contributed by atoms with van der Waals surface area (Å²) in [6, 6.07) is -1.17. The zero-order valence-electron chi connectivity index (χ0n) is 19.6. The van der Waals surface area contributed by atoms with Gasteiger partial charge in [0.2, 0.25) is 0 Å². The number of alkyl halides is 9. The molecule has 3 aromatic rings. The SMILES string of the molecule is CC(NC(=O)c1cc(C(F)(F)F)cc(S(=O)(=O)C(F)(F)F)c1)c1nccnc1-c1ncc(OCC(F)(F)F)cn1. The minimum atomic E-state index is -6.25. The second-order valence-corrected chi connectivity index (χ2v) is 9.77. The highest BCUT2D eigenvalue weighted by Crippen LogP contribution is 2.36. The molecule has 1 amide bonds. The lowest BCUT2D eigenvalue weighted by Gasteiger charge is -2.17. The molecule has 216 valence electrons. The van der Waals surface area contributed by atoms with Crippen molar-refractivity contribution in [2.75, 3.05) is 6.61 Å². The number of rotatable bonds is 7. The largest absolute Gasteiger partial charge is 0.501 e. The van der Waals surface area contributed by atoms with Crippen LogP contribution in [-0.4, -0.2) is 52.6 Å². The summed E-state index contributed by atoms with van der Waals surface area (Å²) in [6.07, 6.45) is -5.85. The van der Waals surface area contributed by atoms with Crippen LogP contribution in [0.15, 0.2) is 47.9 Å². The normalized spacial score (nSPS) is 13.6. The molecule has 0 fully saturated rings. The molecule has 0 bridgehead atoms. The Bertz CT molecular complexity index is 1490. The number of benzene rings is 1. The van der Waals surface area contributed by atoms with Gasteiger partial charge in [0.1, 0.15) is 5.69 Å². The van der Waals surface area contributed by atoms with Crippen molar-refractivity contribution in [1.82, 2.24) is 25.3 Å². The van der Waals surface area contributed by atoms with Gasteiger partial charge in [-0.15, -0.1) is 0 Å². The van der Waals surface area contributed by atoms with E-state index < -0.39 is 62.3 Å². The fourth-order valence-corrected chi connectivity index (χ4v) is 3.88. The van der Waals surface area contributed by atoms with Gasteiger partial charge in [-0.05, 0) is 25.1 Å². The van der Waals surface area contributed by atoms with Crippen LogP contribution < -0.4 is 10.1 Å². The number of aromatic nitrogens is 4. The summed E-state index contributed by atoms with van der Waals surface area (Å²) in [7, 11) is -6.25. The quantitative estimate of drug-likeness (QED) is 0.387. The van der Waals surface area contributed by atoms with Crippen LogP contribution in [0.4, 0.5) is 39.5 Å². The summed E-state index contributed by atoms with van der Waals surface area (Å²) in [5, 5.41) is 2.18. The lowest BCUT2D eigenvalue weighted by Crippen LogP contribution is -2.29. The van der Waals surface area contributed by atoms with Gasteiger partial charge in [-0.2, -0.15) is 39.5 Å². The van der Waals surface area contributed by atoms with Crippen LogP contribution in [0.3, 0.4) is 0 Å². The van der Waals surface area contributed by atoms with Gasteiger partial charge in [-0.3, -0.25) is 9.78 Å². The van der Waals surface area contributed by atoms with Gasteiger partial charge in [0.05, 0.1) is 34.6 Å². The highest BCUT2D eigenvalue weighted by molar-refractivity contribution is 7.92. The number of carbonyl (C=O) groups excluding carboxylic acids is 1. The van der Waals surface area contributed by atoms with Crippen molar-refractivity contribution in [1.29, 1.82) is 0 Å². The third kappa shape index (κ3) is 7.13. The number of hydrogen-bond acceptors (Lipinski definition) is 8. The average Bonchev–Trinajstić information content (AvgIpc) is 2.86. The zero-order chi connectivity index (χ0) is 30.1. The van der Waals surface area contributed by atoms with Gasteiger partial charge in [0.15, 0.2) is 18.2 Å². The van der Waals surface area contributed by atoms with Crippen molar-refractivity contribution in [3.63, 3.8) is 0 Å². The molecule has 0 spiro atoms. The summed E-state index contributed by atoms with van der Waals surface area (Å²) >= 11 is 0. The standard InChI is InChI=1S/C21H14F9N5O4S/c1-10(15-16(32-3-2-31-15)17-33-7-13(8-34-17)39-9-19(22,23)24)35-18(36)11-4-12(20(25,26)27)6-14(5-11)40(37,38)21(28,29)30/h2-8,10H,9H2,1H3,(H,35,36). The monoisotopic (exact) mass is 603 g/mol. The van der Waals surface area contributed by atoms with E-state index in [0.717, 1.165) is 24.8 Å². The number of halogens is 9. The summed E-state index contributed by atoms with van der Waals surface area (Å²) < 4.78 is 144. The molecule has 40 heavy (non-hydrogen) atoms. The first kappa shape index (κ1) is 30.5. The number of ether oxygens (including phenoxy) is 1. The molecule has 0 saturated heterocycles. The molecule has 0 aliphatic rings. The van der Waals surface area contributed by atoms with Crippen molar-refractivity contribution in [3.05, 3.63) is 59.8 Å². The molecule has 0 radical (unpaired) electrons. The Morgan fingerprint density at radius 1 is 0.925 bits per heavy atom. The molecule has 2 heterocycles. The van der Waals surface area contributed by atoms with Crippen molar-refractivity contribution in [2.45, 2.75) is 35.7 Å². The molecule has 0 saturated carbocycles. The third-order valence-electron chi connectivity index (χ3n) is 4.84. The van der Waals surface area contributed by atoms with E-state index in [9.17, 15) is 52.7 Å².